The van der Waals surface area contributed by atoms with Crippen LogP contribution in [0.1, 0.15) is 6.92 Å². The normalized spacial score (nSPS) is 8.64. The highest BCUT2D eigenvalue weighted by molar-refractivity contribution is 7.46. The number of phosphoric acid groups is 1. The molecule has 7 heteroatoms. The van der Waals surface area contributed by atoms with Crippen LogP contribution >= 0.6 is 7.82 Å². The van der Waals surface area contributed by atoms with E-state index in [0.29, 0.717) is 0 Å². The number of nitrogens with two attached hydrogens (primary N) is 2. The molecule has 0 rings (SSSR count). The lowest BCUT2D eigenvalue weighted by Crippen LogP contribution is -1.84. The predicted molar refractivity (Wildman–Crippen MR) is 43.9 cm³/mol. The Morgan fingerprint density at radius 1 is 1.27 bits per heavy atom. The van der Waals surface area contributed by atoms with Gasteiger partial charge in [-0.2, -0.15) is 0 Å². The van der Waals surface area contributed by atoms with Crippen molar-refractivity contribution in [2.45, 2.75) is 6.92 Å². The number of rotatable bonds is 2. The van der Waals surface area contributed by atoms with E-state index in [2.05, 4.69) is 16.0 Å². The van der Waals surface area contributed by atoms with Gasteiger partial charge in [-0.05, 0) is 21.0 Å². The molecule has 0 atom stereocenters. The van der Waals surface area contributed by atoms with Crippen molar-refractivity contribution in [3.63, 3.8) is 0 Å². The van der Waals surface area contributed by atoms with Crippen molar-refractivity contribution in [1.82, 2.24) is 0 Å². The Morgan fingerprint density at radius 2 is 1.55 bits per heavy atom. The van der Waals surface area contributed by atoms with Gasteiger partial charge in [-0.25, -0.2) is 4.57 Å². The van der Waals surface area contributed by atoms with Gasteiger partial charge in [0.2, 0.25) is 0 Å². The lowest BCUT2D eigenvalue weighted by Gasteiger charge is -1.98. The molecular formula is C4H17N2O4P. The maximum atomic E-state index is 9.70. The molecule has 0 aromatic carbocycles. The smallest absolute Gasteiger partial charge is 0.333 e. The van der Waals surface area contributed by atoms with Gasteiger partial charge in [-0.15, -0.1) is 0 Å². The van der Waals surface area contributed by atoms with Crippen molar-refractivity contribution in [3.8, 4) is 0 Å². The third-order valence-corrected chi connectivity index (χ3v) is 0.892. The van der Waals surface area contributed by atoms with E-state index in [1.54, 1.807) is 0 Å². The van der Waals surface area contributed by atoms with E-state index in [-0.39, 0.29) is 6.61 Å². The van der Waals surface area contributed by atoms with Crippen LogP contribution in [-0.2, 0) is 9.09 Å². The number of hydrogen-bond acceptors (Lipinski definition) is 4. The van der Waals surface area contributed by atoms with Gasteiger partial charge in [-0.1, -0.05) is 0 Å². The average Bonchev–Trinajstić information content (AvgIpc) is 1.94. The van der Waals surface area contributed by atoms with Crippen LogP contribution in [-0.4, -0.2) is 30.5 Å². The molecule has 0 radical (unpaired) electrons. The van der Waals surface area contributed by atoms with Gasteiger partial charge >= 0.3 is 7.82 Å². The summed E-state index contributed by atoms with van der Waals surface area (Å²) in [5.74, 6) is 0. The molecule has 0 saturated carbocycles. The average molecular weight is 188 g/mol. The summed E-state index contributed by atoms with van der Waals surface area (Å²) in [6, 6.07) is 0. The lowest BCUT2D eigenvalue weighted by molar-refractivity contribution is 0.206. The third kappa shape index (κ3) is 39.8. The van der Waals surface area contributed by atoms with E-state index < -0.39 is 7.82 Å². The molecule has 0 spiro atoms. The molecular weight excluding hydrogens is 171 g/mol. The van der Waals surface area contributed by atoms with Crippen LogP contribution in [0.15, 0.2) is 0 Å². The van der Waals surface area contributed by atoms with E-state index in [1.165, 1.54) is 21.0 Å². The Labute approximate surface area is 66.8 Å². The first-order valence-electron chi connectivity index (χ1n) is 2.92. The minimum atomic E-state index is -4.17. The summed E-state index contributed by atoms with van der Waals surface area (Å²) in [7, 11) is -1.17. The second kappa shape index (κ2) is 12.7. The zero-order valence-electron chi connectivity index (χ0n) is 7.02. The van der Waals surface area contributed by atoms with Crippen LogP contribution in [0.2, 0.25) is 0 Å². The van der Waals surface area contributed by atoms with Gasteiger partial charge in [0.15, 0.2) is 0 Å². The molecule has 0 amide bonds. The highest BCUT2D eigenvalue weighted by Gasteiger charge is 2.10. The van der Waals surface area contributed by atoms with Crippen molar-refractivity contribution < 1.29 is 18.9 Å². The number of hydrogen-bond donors (Lipinski definition) is 4. The minimum absolute atomic E-state index is 0.0459. The molecule has 0 aliphatic heterocycles. The molecule has 72 valence electrons. The fourth-order valence-electron chi connectivity index (χ4n) is 0.168. The molecule has 0 unspecified atom stereocenters. The fourth-order valence-corrected chi connectivity index (χ4v) is 0.505. The summed E-state index contributed by atoms with van der Waals surface area (Å²) < 4.78 is 13.6. The van der Waals surface area contributed by atoms with Crippen molar-refractivity contribution in [2.75, 3.05) is 20.7 Å². The van der Waals surface area contributed by atoms with Gasteiger partial charge in [0, 0.05) is 0 Å². The summed E-state index contributed by atoms with van der Waals surface area (Å²) in [6.45, 7) is 1.56. The Balaban J connectivity index is -0.000000138. The Hall–Kier alpha value is 0.0300. The maximum absolute atomic E-state index is 9.70. The van der Waals surface area contributed by atoms with Crippen molar-refractivity contribution in [2.24, 2.45) is 11.5 Å². The van der Waals surface area contributed by atoms with Crippen LogP contribution < -0.4 is 11.5 Å². The zero-order valence-corrected chi connectivity index (χ0v) is 7.91. The summed E-state index contributed by atoms with van der Waals surface area (Å²) in [4.78, 5) is 15.8. The predicted octanol–water partition coefficient (Wildman–Crippen LogP) is -0.735. The van der Waals surface area contributed by atoms with E-state index in [9.17, 15) is 4.57 Å². The number of phosphoric ester groups is 1. The molecule has 0 fully saturated rings. The highest BCUT2D eigenvalue weighted by Crippen LogP contribution is 2.34. The summed E-state index contributed by atoms with van der Waals surface area (Å²) in [5, 5.41) is 0. The van der Waals surface area contributed by atoms with Gasteiger partial charge in [0.1, 0.15) is 0 Å². The molecule has 0 heterocycles. The zero-order chi connectivity index (χ0) is 9.91. The third-order valence-electron chi connectivity index (χ3n) is 0.297. The second-order valence-corrected chi connectivity index (χ2v) is 2.15. The van der Waals surface area contributed by atoms with Crippen LogP contribution in [0.3, 0.4) is 0 Å². The van der Waals surface area contributed by atoms with Gasteiger partial charge < -0.3 is 21.3 Å². The second-order valence-electron chi connectivity index (χ2n) is 0.908. The standard InChI is InChI=1S/C2H7O4P.2CH5N/c1-2-6-7(3,4)5;2*1-2/h2H2,1H3,(H2,3,4,5);2*2H2,1H3. The van der Waals surface area contributed by atoms with Crippen LogP contribution in [0.25, 0.3) is 0 Å². The molecule has 0 aromatic rings. The first kappa shape index (κ1) is 17.2. The first-order valence-corrected chi connectivity index (χ1v) is 4.45. The fraction of sp³-hybridized carbons (Fsp3) is 1.00. The van der Waals surface area contributed by atoms with Crippen molar-refractivity contribution >= 4 is 7.82 Å². The SMILES string of the molecule is CCOP(=O)(O)O.CN.CN. The molecule has 6 N–H and O–H groups in total. The topological polar surface area (TPSA) is 119 Å². The molecule has 0 aromatic heterocycles. The maximum Gasteiger partial charge on any atom is 0.469 e. The summed E-state index contributed by atoms with van der Waals surface area (Å²) >= 11 is 0. The van der Waals surface area contributed by atoms with E-state index in [4.69, 9.17) is 9.79 Å². The summed E-state index contributed by atoms with van der Waals surface area (Å²) in [6.07, 6.45) is 0. The summed E-state index contributed by atoms with van der Waals surface area (Å²) in [5.41, 5.74) is 9.00. The largest absolute Gasteiger partial charge is 0.469 e. The Kier molecular flexibility index (Phi) is 19.8. The van der Waals surface area contributed by atoms with Crippen molar-refractivity contribution in [1.29, 1.82) is 0 Å². The quantitative estimate of drug-likeness (QED) is 0.424. The van der Waals surface area contributed by atoms with Crippen molar-refractivity contribution in [3.05, 3.63) is 0 Å². The van der Waals surface area contributed by atoms with Gasteiger partial charge in [-0.3, -0.25) is 4.52 Å². The van der Waals surface area contributed by atoms with Gasteiger partial charge in [0.25, 0.3) is 0 Å². The van der Waals surface area contributed by atoms with E-state index in [0.717, 1.165) is 0 Å². The van der Waals surface area contributed by atoms with Gasteiger partial charge in [0.05, 0.1) is 6.61 Å². The highest BCUT2D eigenvalue weighted by atomic mass is 31.2. The molecule has 0 aliphatic carbocycles. The van der Waals surface area contributed by atoms with E-state index >= 15 is 0 Å². The molecule has 6 nitrogen and oxygen atoms in total. The molecule has 11 heavy (non-hydrogen) atoms. The molecule has 0 saturated heterocycles. The first-order chi connectivity index (χ1) is 5.06. The van der Waals surface area contributed by atoms with Crippen LogP contribution in [0, 0.1) is 0 Å². The van der Waals surface area contributed by atoms with Crippen LogP contribution in [0.5, 0.6) is 0 Å². The van der Waals surface area contributed by atoms with E-state index in [1.807, 2.05) is 0 Å². The Bertz CT molecular complexity index is 94.1. The lowest BCUT2D eigenvalue weighted by atomic mass is 10.9. The molecule has 0 bridgehead atoms. The minimum Gasteiger partial charge on any atom is -0.333 e. The molecule has 0 aliphatic rings. The van der Waals surface area contributed by atoms with Crippen LogP contribution in [0.4, 0.5) is 0 Å². The Morgan fingerprint density at radius 3 is 1.55 bits per heavy atom. The monoisotopic (exact) mass is 188 g/mol.